The molecule has 0 bridgehead atoms. The van der Waals surface area contributed by atoms with Crippen LogP contribution in [0, 0.1) is 6.92 Å². The van der Waals surface area contributed by atoms with Gasteiger partial charge in [-0.2, -0.15) is 4.98 Å². The number of aryl methyl sites for hydroxylation is 1. The minimum absolute atomic E-state index is 0.0730. The summed E-state index contributed by atoms with van der Waals surface area (Å²) >= 11 is 0. The summed E-state index contributed by atoms with van der Waals surface area (Å²) in [5, 5.41) is 6.99. The molecule has 1 saturated heterocycles. The summed E-state index contributed by atoms with van der Waals surface area (Å²) in [5.41, 5.74) is 0.953. The quantitative estimate of drug-likeness (QED) is 0.850. The van der Waals surface area contributed by atoms with Crippen LogP contribution in [-0.4, -0.2) is 45.2 Å². The maximum absolute atomic E-state index is 12.6. The first kappa shape index (κ1) is 18.7. The Bertz CT molecular complexity index is 785. The summed E-state index contributed by atoms with van der Waals surface area (Å²) in [5.74, 6) is 2.04. The fourth-order valence-corrected chi connectivity index (χ4v) is 3.90. The highest BCUT2D eigenvalue weighted by molar-refractivity contribution is 5.74. The standard InChI is InChI=1S/C20H27N5O3/c1-14-23-19(24-28-14)16-5-4-10-25(13-16)20(26)22-12-15-8-9-18(21-11-15)27-17-6-2-3-7-17/h8-9,11,16-17H,2-7,10,12-13H2,1H3,(H,22,26). The highest BCUT2D eigenvalue weighted by atomic mass is 16.5. The van der Waals surface area contributed by atoms with Gasteiger partial charge in [0.05, 0.1) is 0 Å². The van der Waals surface area contributed by atoms with Crippen molar-refractivity contribution in [2.75, 3.05) is 13.1 Å². The molecule has 0 radical (unpaired) electrons. The van der Waals surface area contributed by atoms with E-state index in [2.05, 4.69) is 20.4 Å². The van der Waals surface area contributed by atoms with Crippen molar-refractivity contribution >= 4 is 6.03 Å². The zero-order valence-electron chi connectivity index (χ0n) is 16.3. The van der Waals surface area contributed by atoms with E-state index in [4.69, 9.17) is 9.26 Å². The fourth-order valence-electron chi connectivity index (χ4n) is 3.90. The van der Waals surface area contributed by atoms with Gasteiger partial charge in [0.25, 0.3) is 0 Å². The van der Waals surface area contributed by atoms with E-state index in [1.807, 2.05) is 17.0 Å². The molecule has 1 atom stereocenters. The van der Waals surface area contributed by atoms with E-state index in [-0.39, 0.29) is 11.9 Å². The number of nitrogens with zero attached hydrogens (tertiary/aromatic N) is 4. The molecule has 2 amide bonds. The molecule has 3 heterocycles. The van der Waals surface area contributed by atoms with Crippen molar-refractivity contribution in [3.8, 4) is 5.88 Å². The number of amides is 2. The van der Waals surface area contributed by atoms with E-state index >= 15 is 0 Å². The Balaban J connectivity index is 1.26. The molecule has 150 valence electrons. The van der Waals surface area contributed by atoms with Crippen LogP contribution < -0.4 is 10.1 Å². The van der Waals surface area contributed by atoms with Crippen LogP contribution in [0.1, 0.15) is 61.7 Å². The monoisotopic (exact) mass is 385 g/mol. The molecular weight excluding hydrogens is 358 g/mol. The number of hydrogen-bond donors (Lipinski definition) is 1. The van der Waals surface area contributed by atoms with Crippen LogP contribution in [-0.2, 0) is 6.54 Å². The van der Waals surface area contributed by atoms with Crippen LogP contribution in [0.2, 0.25) is 0 Å². The van der Waals surface area contributed by atoms with Crippen molar-refractivity contribution in [1.82, 2.24) is 25.3 Å². The largest absolute Gasteiger partial charge is 0.474 e. The Morgan fingerprint density at radius 3 is 2.86 bits per heavy atom. The van der Waals surface area contributed by atoms with Gasteiger partial charge >= 0.3 is 6.03 Å². The number of rotatable bonds is 5. The SMILES string of the molecule is Cc1nc(C2CCCN(C(=O)NCc3ccc(OC4CCCC4)nc3)C2)no1. The normalized spacial score (nSPS) is 20.3. The first-order valence-electron chi connectivity index (χ1n) is 10.1. The molecule has 8 heteroatoms. The van der Waals surface area contributed by atoms with E-state index in [1.165, 1.54) is 12.8 Å². The molecular formula is C20H27N5O3. The highest BCUT2D eigenvalue weighted by Gasteiger charge is 2.27. The maximum Gasteiger partial charge on any atom is 0.317 e. The van der Waals surface area contributed by atoms with Crippen molar-refractivity contribution < 1.29 is 14.1 Å². The van der Waals surface area contributed by atoms with Crippen LogP contribution in [0.15, 0.2) is 22.9 Å². The molecule has 1 aliphatic heterocycles. The van der Waals surface area contributed by atoms with Crippen molar-refractivity contribution in [1.29, 1.82) is 0 Å². The zero-order valence-corrected chi connectivity index (χ0v) is 16.3. The number of likely N-dealkylation sites (tertiary alicyclic amines) is 1. The third-order valence-corrected chi connectivity index (χ3v) is 5.45. The summed E-state index contributed by atoms with van der Waals surface area (Å²) in [7, 11) is 0. The molecule has 1 N–H and O–H groups in total. The van der Waals surface area contributed by atoms with Crippen LogP contribution in [0.5, 0.6) is 5.88 Å². The molecule has 1 unspecified atom stereocenters. The van der Waals surface area contributed by atoms with Gasteiger partial charge in [0.2, 0.25) is 11.8 Å². The average Bonchev–Trinajstić information content (AvgIpc) is 3.39. The molecule has 1 aliphatic carbocycles. The number of carbonyl (C=O) groups is 1. The first-order valence-corrected chi connectivity index (χ1v) is 10.1. The number of urea groups is 1. The summed E-state index contributed by atoms with van der Waals surface area (Å²) in [6.07, 6.45) is 8.66. The second kappa shape index (κ2) is 8.58. The smallest absolute Gasteiger partial charge is 0.317 e. The number of pyridine rings is 1. The molecule has 4 rings (SSSR count). The second-order valence-corrected chi connectivity index (χ2v) is 7.64. The lowest BCUT2D eigenvalue weighted by Crippen LogP contribution is -2.44. The summed E-state index contributed by atoms with van der Waals surface area (Å²) < 4.78 is 11.0. The van der Waals surface area contributed by atoms with Crippen molar-refractivity contribution in [3.63, 3.8) is 0 Å². The van der Waals surface area contributed by atoms with Crippen molar-refractivity contribution in [2.24, 2.45) is 0 Å². The third kappa shape index (κ3) is 4.61. The topological polar surface area (TPSA) is 93.4 Å². The van der Waals surface area contributed by atoms with Crippen LogP contribution in [0.3, 0.4) is 0 Å². The number of nitrogens with one attached hydrogen (secondary N) is 1. The van der Waals surface area contributed by atoms with Gasteiger partial charge in [0.1, 0.15) is 6.10 Å². The minimum atomic E-state index is -0.0730. The van der Waals surface area contributed by atoms with Gasteiger partial charge in [-0.1, -0.05) is 11.2 Å². The number of piperidine rings is 1. The van der Waals surface area contributed by atoms with E-state index in [9.17, 15) is 4.79 Å². The fraction of sp³-hybridized carbons (Fsp3) is 0.600. The predicted octanol–water partition coefficient (Wildman–Crippen LogP) is 3.18. The number of hydrogen-bond acceptors (Lipinski definition) is 6. The van der Waals surface area contributed by atoms with Gasteiger partial charge in [0, 0.05) is 44.7 Å². The Morgan fingerprint density at radius 2 is 2.14 bits per heavy atom. The Labute approximate surface area is 164 Å². The van der Waals surface area contributed by atoms with Crippen molar-refractivity contribution in [3.05, 3.63) is 35.6 Å². The average molecular weight is 385 g/mol. The minimum Gasteiger partial charge on any atom is -0.474 e. The summed E-state index contributed by atoms with van der Waals surface area (Å²) in [4.78, 5) is 23.1. The number of carbonyl (C=O) groups excluding carboxylic acids is 1. The second-order valence-electron chi connectivity index (χ2n) is 7.64. The molecule has 8 nitrogen and oxygen atoms in total. The molecule has 28 heavy (non-hydrogen) atoms. The van der Waals surface area contributed by atoms with Crippen LogP contribution >= 0.6 is 0 Å². The molecule has 2 fully saturated rings. The lowest BCUT2D eigenvalue weighted by Gasteiger charge is -2.31. The van der Waals surface area contributed by atoms with Crippen LogP contribution in [0.25, 0.3) is 0 Å². The van der Waals surface area contributed by atoms with E-state index < -0.39 is 0 Å². The van der Waals surface area contributed by atoms with Gasteiger partial charge < -0.3 is 19.5 Å². The van der Waals surface area contributed by atoms with Gasteiger partial charge in [-0.3, -0.25) is 0 Å². The van der Waals surface area contributed by atoms with Gasteiger partial charge in [-0.15, -0.1) is 0 Å². The number of ether oxygens (including phenoxy) is 1. The van der Waals surface area contributed by atoms with E-state index in [1.54, 1.807) is 13.1 Å². The Kier molecular flexibility index (Phi) is 5.73. The summed E-state index contributed by atoms with van der Waals surface area (Å²) in [6.45, 7) is 3.57. The van der Waals surface area contributed by atoms with E-state index in [0.717, 1.165) is 37.8 Å². The van der Waals surface area contributed by atoms with Gasteiger partial charge in [-0.05, 0) is 44.1 Å². The van der Waals surface area contributed by atoms with Gasteiger partial charge in [0.15, 0.2) is 5.82 Å². The molecule has 0 aromatic carbocycles. The third-order valence-electron chi connectivity index (χ3n) is 5.45. The summed E-state index contributed by atoms with van der Waals surface area (Å²) in [6, 6.07) is 3.77. The molecule has 0 spiro atoms. The maximum atomic E-state index is 12.6. The molecule has 2 aromatic rings. The van der Waals surface area contributed by atoms with Gasteiger partial charge in [-0.25, -0.2) is 9.78 Å². The zero-order chi connectivity index (χ0) is 19.3. The van der Waals surface area contributed by atoms with E-state index in [0.29, 0.717) is 36.8 Å². The van der Waals surface area contributed by atoms with Crippen molar-refractivity contribution in [2.45, 2.75) is 64.0 Å². The van der Waals surface area contributed by atoms with Crippen LogP contribution in [0.4, 0.5) is 4.79 Å². The lowest BCUT2D eigenvalue weighted by molar-refractivity contribution is 0.177. The highest BCUT2D eigenvalue weighted by Crippen LogP contribution is 2.25. The predicted molar refractivity (Wildman–Crippen MR) is 102 cm³/mol. The molecule has 2 aliphatic rings. The Hall–Kier alpha value is -2.64. The first-order chi connectivity index (χ1) is 13.7. The Morgan fingerprint density at radius 1 is 1.29 bits per heavy atom. The number of aromatic nitrogens is 3. The molecule has 2 aromatic heterocycles. The molecule has 1 saturated carbocycles. The lowest BCUT2D eigenvalue weighted by atomic mass is 9.98.